The number of nitrogens with one attached hydrogen (secondary N) is 1. The lowest BCUT2D eigenvalue weighted by Crippen LogP contribution is -2.51. The van der Waals surface area contributed by atoms with Crippen molar-refractivity contribution in [2.45, 2.75) is 37.8 Å². The van der Waals surface area contributed by atoms with E-state index in [4.69, 9.17) is 27.9 Å². The maximum absolute atomic E-state index is 13.9. The number of hydrogen-bond donors (Lipinski definition) is 1. The van der Waals surface area contributed by atoms with Gasteiger partial charge in [-0.1, -0.05) is 60.5 Å². The van der Waals surface area contributed by atoms with Gasteiger partial charge in [0.25, 0.3) is 10.0 Å². The molecule has 3 aromatic carbocycles. The first-order valence-corrected chi connectivity index (χ1v) is 14.5. The standard InChI is InChI=1S/C28H31Cl2N3O5S/c1-4-16-31-28(35)20(2)32(18-24-25(29)14-9-15-26(24)30)27(34)19-33(21-10-8-11-22(17-21)38-3)39(36,37)23-12-6-5-7-13-23/h5-15,17,20H,4,16,18-19H2,1-3H3,(H,31,35). The van der Waals surface area contributed by atoms with Crippen molar-refractivity contribution in [1.29, 1.82) is 0 Å². The number of anilines is 1. The zero-order valence-corrected chi connectivity index (χ0v) is 24.3. The van der Waals surface area contributed by atoms with Crippen LogP contribution in [0.25, 0.3) is 0 Å². The van der Waals surface area contributed by atoms with Crippen molar-refractivity contribution in [1.82, 2.24) is 10.2 Å². The summed E-state index contributed by atoms with van der Waals surface area (Å²) in [5.41, 5.74) is 0.675. The first-order chi connectivity index (χ1) is 18.6. The van der Waals surface area contributed by atoms with Crippen LogP contribution in [0.1, 0.15) is 25.8 Å². The third-order valence-corrected chi connectivity index (χ3v) is 8.55. The maximum Gasteiger partial charge on any atom is 0.264 e. The molecule has 0 spiro atoms. The van der Waals surface area contributed by atoms with Crippen molar-refractivity contribution in [3.8, 4) is 5.75 Å². The van der Waals surface area contributed by atoms with Gasteiger partial charge < -0.3 is 15.0 Å². The minimum absolute atomic E-state index is 0.00931. The molecule has 0 fully saturated rings. The van der Waals surface area contributed by atoms with Gasteiger partial charge in [-0.05, 0) is 49.7 Å². The molecule has 0 saturated carbocycles. The second-order valence-corrected chi connectivity index (χ2v) is 11.4. The molecule has 3 rings (SSSR count). The first kappa shape index (κ1) is 30.3. The van der Waals surface area contributed by atoms with Crippen molar-refractivity contribution in [2.75, 3.05) is 24.5 Å². The lowest BCUT2D eigenvalue weighted by atomic mass is 10.1. The summed E-state index contributed by atoms with van der Waals surface area (Å²) < 4.78 is 33.9. The number of ether oxygens (including phenoxy) is 1. The molecule has 11 heteroatoms. The van der Waals surface area contributed by atoms with Crippen molar-refractivity contribution >= 4 is 50.7 Å². The fourth-order valence-corrected chi connectivity index (χ4v) is 5.79. The minimum atomic E-state index is -4.18. The number of benzene rings is 3. The Morgan fingerprint density at radius 2 is 1.62 bits per heavy atom. The summed E-state index contributed by atoms with van der Waals surface area (Å²) in [6.07, 6.45) is 0.710. The zero-order chi connectivity index (χ0) is 28.6. The number of rotatable bonds is 12. The van der Waals surface area contributed by atoms with Crippen molar-refractivity contribution in [3.63, 3.8) is 0 Å². The average Bonchev–Trinajstić information content (AvgIpc) is 2.94. The van der Waals surface area contributed by atoms with Gasteiger partial charge >= 0.3 is 0 Å². The summed E-state index contributed by atoms with van der Waals surface area (Å²) >= 11 is 12.8. The molecule has 1 N–H and O–H groups in total. The van der Waals surface area contributed by atoms with Gasteiger partial charge in [0.05, 0.1) is 17.7 Å². The van der Waals surface area contributed by atoms with E-state index in [1.807, 2.05) is 6.92 Å². The molecule has 1 atom stereocenters. The summed E-state index contributed by atoms with van der Waals surface area (Å²) in [6, 6.07) is 18.2. The Kier molecular flexibility index (Phi) is 10.6. The maximum atomic E-state index is 13.9. The Hall–Kier alpha value is -3.27. The van der Waals surface area contributed by atoms with Crippen LogP contribution in [0.4, 0.5) is 5.69 Å². The van der Waals surface area contributed by atoms with E-state index in [0.29, 0.717) is 34.3 Å². The molecule has 0 aliphatic carbocycles. The quantitative estimate of drug-likeness (QED) is 0.314. The van der Waals surface area contributed by atoms with Gasteiger partial charge in [0.1, 0.15) is 18.3 Å². The largest absolute Gasteiger partial charge is 0.497 e. The summed E-state index contributed by atoms with van der Waals surface area (Å²) in [5, 5.41) is 3.44. The first-order valence-electron chi connectivity index (χ1n) is 12.3. The van der Waals surface area contributed by atoms with Crippen LogP contribution < -0.4 is 14.4 Å². The van der Waals surface area contributed by atoms with Crippen LogP contribution in [-0.2, 0) is 26.2 Å². The molecule has 3 aromatic rings. The third-order valence-electron chi connectivity index (χ3n) is 6.06. The van der Waals surface area contributed by atoms with E-state index in [2.05, 4.69) is 5.32 Å². The number of carbonyl (C=O) groups is 2. The number of methoxy groups -OCH3 is 1. The summed E-state index contributed by atoms with van der Waals surface area (Å²) in [6.45, 7) is 3.23. The Labute approximate surface area is 239 Å². The molecule has 0 bridgehead atoms. The van der Waals surface area contributed by atoms with Crippen LogP contribution in [0.15, 0.2) is 77.7 Å². The Balaban J connectivity index is 2.06. The molecule has 2 amide bonds. The smallest absolute Gasteiger partial charge is 0.264 e. The van der Waals surface area contributed by atoms with Crippen molar-refractivity contribution in [3.05, 3.63) is 88.4 Å². The van der Waals surface area contributed by atoms with Crippen LogP contribution in [0.3, 0.4) is 0 Å². The SMILES string of the molecule is CCCNC(=O)C(C)N(Cc1c(Cl)cccc1Cl)C(=O)CN(c1cccc(OC)c1)S(=O)(=O)c1ccccc1. The van der Waals surface area contributed by atoms with E-state index in [1.165, 1.54) is 30.2 Å². The monoisotopic (exact) mass is 591 g/mol. The van der Waals surface area contributed by atoms with Crippen molar-refractivity contribution < 1.29 is 22.7 Å². The van der Waals surface area contributed by atoms with Gasteiger partial charge in [-0.3, -0.25) is 13.9 Å². The van der Waals surface area contributed by atoms with Crippen LogP contribution in [0.2, 0.25) is 10.0 Å². The van der Waals surface area contributed by atoms with E-state index in [9.17, 15) is 18.0 Å². The highest BCUT2D eigenvalue weighted by Crippen LogP contribution is 2.29. The van der Waals surface area contributed by atoms with Gasteiger partial charge in [0.15, 0.2) is 0 Å². The topological polar surface area (TPSA) is 96.0 Å². The number of amides is 2. The molecule has 0 heterocycles. The van der Waals surface area contributed by atoms with E-state index >= 15 is 0 Å². The predicted molar refractivity (Wildman–Crippen MR) is 154 cm³/mol. The molecule has 39 heavy (non-hydrogen) atoms. The second-order valence-electron chi connectivity index (χ2n) is 8.72. The number of carbonyl (C=O) groups excluding carboxylic acids is 2. The number of hydrogen-bond acceptors (Lipinski definition) is 5. The molecule has 1 unspecified atom stereocenters. The van der Waals surface area contributed by atoms with Crippen LogP contribution >= 0.6 is 23.2 Å². The minimum Gasteiger partial charge on any atom is -0.497 e. The fourth-order valence-electron chi connectivity index (χ4n) is 3.85. The Morgan fingerprint density at radius 3 is 2.23 bits per heavy atom. The summed E-state index contributed by atoms with van der Waals surface area (Å²) in [4.78, 5) is 28.2. The van der Waals surface area contributed by atoms with E-state index in [-0.39, 0.29) is 23.0 Å². The van der Waals surface area contributed by atoms with Gasteiger partial charge in [-0.25, -0.2) is 8.42 Å². The van der Waals surface area contributed by atoms with Crippen LogP contribution in [-0.4, -0.2) is 51.4 Å². The fraction of sp³-hybridized carbons (Fsp3) is 0.286. The molecule has 0 radical (unpaired) electrons. The van der Waals surface area contributed by atoms with E-state index in [1.54, 1.807) is 61.5 Å². The normalized spacial score (nSPS) is 11.9. The zero-order valence-electron chi connectivity index (χ0n) is 21.9. The van der Waals surface area contributed by atoms with Gasteiger partial charge in [0, 0.05) is 34.8 Å². The number of sulfonamides is 1. The number of nitrogens with zero attached hydrogens (tertiary/aromatic N) is 2. The highest BCUT2D eigenvalue weighted by molar-refractivity contribution is 7.92. The molecular weight excluding hydrogens is 561 g/mol. The molecule has 0 saturated heterocycles. The average molecular weight is 593 g/mol. The van der Waals surface area contributed by atoms with Gasteiger partial charge in [0.2, 0.25) is 11.8 Å². The lowest BCUT2D eigenvalue weighted by molar-refractivity contribution is -0.139. The number of halogens is 2. The van der Waals surface area contributed by atoms with Crippen LogP contribution in [0.5, 0.6) is 5.75 Å². The predicted octanol–water partition coefficient (Wildman–Crippen LogP) is 5.14. The highest BCUT2D eigenvalue weighted by atomic mass is 35.5. The van der Waals surface area contributed by atoms with Gasteiger partial charge in [-0.15, -0.1) is 0 Å². The second kappa shape index (κ2) is 13.7. The highest BCUT2D eigenvalue weighted by Gasteiger charge is 2.33. The van der Waals surface area contributed by atoms with E-state index in [0.717, 1.165) is 4.31 Å². The Bertz CT molecular complexity index is 1380. The summed E-state index contributed by atoms with van der Waals surface area (Å²) in [5.74, 6) is -0.583. The molecule has 208 valence electrons. The van der Waals surface area contributed by atoms with Crippen molar-refractivity contribution in [2.24, 2.45) is 0 Å². The van der Waals surface area contributed by atoms with Gasteiger partial charge in [-0.2, -0.15) is 0 Å². The van der Waals surface area contributed by atoms with E-state index < -0.39 is 28.5 Å². The summed E-state index contributed by atoms with van der Waals surface area (Å²) in [7, 11) is -2.72. The van der Waals surface area contributed by atoms with Crippen LogP contribution in [0, 0.1) is 0 Å². The lowest BCUT2D eigenvalue weighted by Gasteiger charge is -2.32. The molecule has 8 nitrogen and oxygen atoms in total. The molecule has 0 aliphatic rings. The molecular formula is C28H31Cl2N3O5S. The Morgan fingerprint density at radius 1 is 0.974 bits per heavy atom. The molecule has 0 aliphatic heterocycles. The molecule has 0 aromatic heterocycles. The third kappa shape index (κ3) is 7.44.